The molecule has 2 aromatic heterocycles. The standard InChI is InChI=1S/C27H24Cl2N2O5S/c28-18-4-2-5-19(29)21(18)22-17(23(36-31-22)14-7-8-14)13-35-15-9-11-27(34,12-10-15)26-30-20-6-1-3-16(25(32)33)24(20)37-26/h1-6,14-15,34H,7-13H2,(H,32,33)/t15-,27+. The summed E-state index contributed by atoms with van der Waals surface area (Å²) in [5.41, 5.74) is 1.84. The summed E-state index contributed by atoms with van der Waals surface area (Å²) in [6.45, 7) is 0.318. The Morgan fingerprint density at radius 2 is 1.81 bits per heavy atom. The molecule has 7 nitrogen and oxygen atoms in total. The van der Waals surface area contributed by atoms with Crippen molar-refractivity contribution in [1.29, 1.82) is 0 Å². The molecule has 0 bridgehead atoms. The highest BCUT2D eigenvalue weighted by atomic mass is 35.5. The number of aromatic nitrogens is 2. The number of aromatic carboxylic acids is 1. The molecule has 10 heteroatoms. The Balaban J connectivity index is 1.18. The number of carboxylic acid groups (broad SMARTS) is 1. The molecule has 6 rings (SSSR count). The molecule has 2 heterocycles. The molecule has 2 aliphatic rings. The zero-order chi connectivity index (χ0) is 25.7. The third-order valence-electron chi connectivity index (χ3n) is 7.23. The molecule has 2 aromatic carbocycles. The van der Waals surface area contributed by atoms with Crippen molar-refractivity contribution < 1.29 is 24.3 Å². The van der Waals surface area contributed by atoms with Gasteiger partial charge in [-0.1, -0.05) is 40.5 Å². The molecule has 0 aliphatic heterocycles. The summed E-state index contributed by atoms with van der Waals surface area (Å²) in [7, 11) is 0. The second-order valence-electron chi connectivity index (χ2n) is 9.76. The first-order valence-electron chi connectivity index (χ1n) is 12.2. The monoisotopic (exact) mass is 558 g/mol. The van der Waals surface area contributed by atoms with E-state index in [9.17, 15) is 15.0 Å². The van der Waals surface area contributed by atoms with Crippen molar-refractivity contribution in [1.82, 2.24) is 10.1 Å². The van der Waals surface area contributed by atoms with Gasteiger partial charge in [0.2, 0.25) is 0 Å². The van der Waals surface area contributed by atoms with Crippen molar-refractivity contribution in [2.45, 2.75) is 62.8 Å². The molecule has 0 spiro atoms. The first-order chi connectivity index (χ1) is 17.8. The van der Waals surface area contributed by atoms with Gasteiger partial charge in [-0.25, -0.2) is 9.78 Å². The average molecular weight is 559 g/mol. The van der Waals surface area contributed by atoms with Gasteiger partial charge < -0.3 is 19.5 Å². The molecule has 0 amide bonds. The summed E-state index contributed by atoms with van der Waals surface area (Å²) in [4.78, 5) is 16.2. The Bertz CT molecular complexity index is 1470. The SMILES string of the molecule is O=C(O)c1cccc2nc([C@]3(O)CC[C@@H](OCc4c(-c5c(Cl)cccc5Cl)noc4C4CC4)CC3)sc12. The number of aliphatic hydroxyl groups is 1. The maximum Gasteiger partial charge on any atom is 0.337 e. The average Bonchev–Trinajstić information content (AvgIpc) is 3.48. The Morgan fingerprint density at radius 3 is 2.49 bits per heavy atom. The highest BCUT2D eigenvalue weighted by Gasteiger charge is 2.39. The molecule has 37 heavy (non-hydrogen) atoms. The minimum atomic E-state index is -1.11. The van der Waals surface area contributed by atoms with Crippen LogP contribution in [0.2, 0.25) is 10.0 Å². The van der Waals surface area contributed by atoms with E-state index in [0.29, 0.717) is 74.7 Å². The number of hydrogen-bond donors (Lipinski definition) is 2. The number of ether oxygens (including phenoxy) is 1. The smallest absolute Gasteiger partial charge is 0.337 e. The topological polar surface area (TPSA) is 106 Å². The normalized spacial score (nSPS) is 22.0. The maximum absolute atomic E-state index is 11.6. The predicted octanol–water partition coefficient (Wildman–Crippen LogP) is 7.18. The lowest BCUT2D eigenvalue weighted by Crippen LogP contribution is -2.34. The van der Waals surface area contributed by atoms with Crippen LogP contribution in [0.15, 0.2) is 40.9 Å². The summed E-state index contributed by atoms with van der Waals surface area (Å²) in [5.74, 6) is 0.177. The van der Waals surface area contributed by atoms with Gasteiger partial charge in [-0.3, -0.25) is 0 Å². The lowest BCUT2D eigenvalue weighted by Gasteiger charge is -2.34. The van der Waals surface area contributed by atoms with Crippen LogP contribution in [-0.4, -0.2) is 32.4 Å². The first-order valence-corrected chi connectivity index (χ1v) is 13.8. The van der Waals surface area contributed by atoms with Crippen LogP contribution >= 0.6 is 34.5 Å². The van der Waals surface area contributed by atoms with Crippen LogP contribution in [0.1, 0.15) is 71.1 Å². The number of thiazole rings is 1. The molecule has 2 saturated carbocycles. The van der Waals surface area contributed by atoms with Gasteiger partial charge in [0, 0.05) is 17.0 Å². The van der Waals surface area contributed by atoms with E-state index in [-0.39, 0.29) is 11.7 Å². The van der Waals surface area contributed by atoms with Crippen molar-refractivity contribution in [2.24, 2.45) is 0 Å². The molecule has 2 aliphatic carbocycles. The summed E-state index contributed by atoms with van der Waals surface area (Å²) >= 11 is 14.2. The largest absolute Gasteiger partial charge is 0.478 e. The van der Waals surface area contributed by atoms with Crippen LogP contribution in [-0.2, 0) is 16.9 Å². The highest BCUT2D eigenvalue weighted by Crippen LogP contribution is 2.47. The van der Waals surface area contributed by atoms with Crippen LogP contribution in [0.3, 0.4) is 0 Å². The van der Waals surface area contributed by atoms with E-state index in [0.717, 1.165) is 24.2 Å². The van der Waals surface area contributed by atoms with E-state index >= 15 is 0 Å². The Morgan fingerprint density at radius 1 is 1.11 bits per heavy atom. The number of fused-ring (bicyclic) bond motifs is 1. The number of carboxylic acids is 1. The zero-order valence-corrected chi connectivity index (χ0v) is 22.1. The van der Waals surface area contributed by atoms with E-state index in [1.165, 1.54) is 11.3 Å². The van der Waals surface area contributed by atoms with E-state index in [2.05, 4.69) is 10.1 Å². The Kier molecular flexibility index (Phi) is 6.49. The van der Waals surface area contributed by atoms with Crippen molar-refractivity contribution in [3.63, 3.8) is 0 Å². The Labute approximate surface area is 227 Å². The number of halogens is 2. The van der Waals surface area contributed by atoms with Gasteiger partial charge in [0.1, 0.15) is 22.1 Å². The molecule has 0 atom stereocenters. The second kappa shape index (κ2) is 9.67. The summed E-state index contributed by atoms with van der Waals surface area (Å²) < 4.78 is 12.7. The van der Waals surface area contributed by atoms with Crippen LogP contribution in [0.5, 0.6) is 0 Å². The summed E-state index contributed by atoms with van der Waals surface area (Å²) in [6.07, 6.45) is 4.29. The quantitative estimate of drug-likeness (QED) is 0.247. The lowest BCUT2D eigenvalue weighted by atomic mass is 9.83. The van der Waals surface area contributed by atoms with Gasteiger partial charge in [-0.2, -0.15) is 0 Å². The molecule has 0 radical (unpaired) electrons. The van der Waals surface area contributed by atoms with Crippen molar-refractivity contribution in [2.75, 3.05) is 0 Å². The zero-order valence-electron chi connectivity index (χ0n) is 19.7. The van der Waals surface area contributed by atoms with E-state index < -0.39 is 11.6 Å². The fourth-order valence-corrected chi connectivity index (χ4v) is 6.81. The van der Waals surface area contributed by atoms with E-state index in [4.69, 9.17) is 32.5 Å². The molecule has 192 valence electrons. The lowest BCUT2D eigenvalue weighted by molar-refractivity contribution is -0.0640. The van der Waals surface area contributed by atoms with Gasteiger partial charge in [-0.05, 0) is 62.8 Å². The van der Waals surface area contributed by atoms with Gasteiger partial charge in [0.05, 0.1) is 38.5 Å². The van der Waals surface area contributed by atoms with E-state index in [1.807, 2.05) is 0 Å². The maximum atomic E-state index is 11.6. The number of nitrogens with zero attached hydrogens (tertiary/aromatic N) is 2. The van der Waals surface area contributed by atoms with Crippen LogP contribution in [0.25, 0.3) is 21.5 Å². The van der Waals surface area contributed by atoms with Crippen LogP contribution in [0, 0.1) is 0 Å². The van der Waals surface area contributed by atoms with E-state index in [1.54, 1.807) is 36.4 Å². The predicted molar refractivity (Wildman–Crippen MR) is 141 cm³/mol. The number of hydrogen-bond acceptors (Lipinski definition) is 7. The number of rotatable bonds is 7. The highest BCUT2D eigenvalue weighted by molar-refractivity contribution is 7.19. The summed E-state index contributed by atoms with van der Waals surface area (Å²) in [6, 6.07) is 10.4. The number of carbonyl (C=O) groups is 1. The Hall–Kier alpha value is -2.49. The van der Waals surface area contributed by atoms with Gasteiger partial charge in [0.15, 0.2) is 0 Å². The molecule has 0 unspecified atom stereocenters. The van der Waals surface area contributed by atoms with Crippen molar-refractivity contribution >= 4 is 50.7 Å². The fraction of sp³-hybridized carbons (Fsp3) is 0.370. The first kappa shape index (κ1) is 24.8. The molecule has 4 aromatic rings. The van der Waals surface area contributed by atoms with Crippen molar-refractivity contribution in [3.05, 3.63) is 68.3 Å². The molecule has 0 saturated heterocycles. The molecule has 2 N–H and O–H groups in total. The number of benzene rings is 2. The van der Waals surface area contributed by atoms with Crippen LogP contribution in [0.4, 0.5) is 0 Å². The van der Waals surface area contributed by atoms with Gasteiger partial charge >= 0.3 is 5.97 Å². The van der Waals surface area contributed by atoms with Crippen LogP contribution < -0.4 is 0 Å². The second-order valence-corrected chi connectivity index (χ2v) is 11.6. The molecular formula is C27H24Cl2N2O5S. The third-order valence-corrected chi connectivity index (χ3v) is 9.16. The van der Waals surface area contributed by atoms with Crippen molar-refractivity contribution in [3.8, 4) is 11.3 Å². The summed E-state index contributed by atoms with van der Waals surface area (Å²) in [5, 5.41) is 26.8. The van der Waals surface area contributed by atoms with Gasteiger partial charge in [0.25, 0.3) is 0 Å². The molecular weight excluding hydrogens is 535 g/mol. The van der Waals surface area contributed by atoms with Gasteiger partial charge in [-0.15, -0.1) is 11.3 Å². The molecule has 2 fully saturated rings. The minimum Gasteiger partial charge on any atom is -0.478 e. The minimum absolute atomic E-state index is 0.0549. The fourth-order valence-electron chi connectivity index (χ4n) is 5.02. The third kappa shape index (κ3) is 4.66.